The average Bonchev–Trinajstić information content (AvgIpc) is 2.57. The zero-order valence-electron chi connectivity index (χ0n) is 13.2. The molecule has 2 atom stereocenters. The predicted octanol–water partition coefficient (Wildman–Crippen LogP) is 2.87. The molecule has 0 spiro atoms. The second-order valence-electron chi connectivity index (χ2n) is 6.18. The van der Waals surface area contributed by atoms with Gasteiger partial charge in [-0.05, 0) is 30.9 Å². The van der Waals surface area contributed by atoms with E-state index in [1.807, 2.05) is 24.3 Å². The molecule has 0 bridgehead atoms. The third-order valence-corrected chi connectivity index (χ3v) is 4.52. The first-order valence-corrected chi connectivity index (χ1v) is 8.11. The van der Waals surface area contributed by atoms with Crippen LogP contribution in [0.2, 0.25) is 0 Å². The van der Waals surface area contributed by atoms with Crippen LogP contribution in [-0.4, -0.2) is 22.8 Å². The van der Waals surface area contributed by atoms with Gasteiger partial charge in [-0.2, -0.15) is 0 Å². The number of hydrogen-bond donors (Lipinski definition) is 2. The highest BCUT2D eigenvalue weighted by molar-refractivity contribution is 6.40. The van der Waals surface area contributed by atoms with Gasteiger partial charge in [0.15, 0.2) is 0 Å². The van der Waals surface area contributed by atoms with Crippen molar-refractivity contribution in [1.82, 2.24) is 10.3 Å². The molecule has 1 aliphatic rings. The van der Waals surface area contributed by atoms with Crippen LogP contribution in [0.1, 0.15) is 32.6 Å². The largest absolute Gasteiger partial charge is 0.345 e. The van der Waals surface area contributed by atoms with Crippen molar-refractivity contribution in [2.45, 2.75) is 38.6 Å². The van der Waals surface area contributed by atoms with Crippen LogP contribution in [0.4, 0.5) is 5.69 Å². The first-order valence-electron chi connectivity index (χ1n) is 8.11. The lowest BCUT2D eigenvalue weighted by Gasteiger charge is -2.29. The predicted molar refractivity (Wildman–Crippen MR) is 89.9 cm³/mol. The number of hydrogen-bond acceptors (Lipinski definition) is 3. The van der Waals surface area contributed by atoms with Crippen LogP contribution in [-0.2, 0) is 9.59 Å². The van der Waals surface area contributed by atoms with Gasteiger partial charge in [0.05, 0.1) is 11.2 Å². The standard InChI is InChI=1S/C18H21N3O2/c1-12-6-2-3-9-14(12)20-17(22)18(23)21-15-10-4-7-13-8-5-11-19-16(13)15/h4-5,7-8,10-12,14H,2-3,6,9H2,1H3,(H,20,22)(H,21,23). The third-order valence-electron chi connectivity index (χ3n) is 4.52. The number of fused-ring (bicyclic) bond motifs is 1. The summed E-state index contributed by atoms with van der Waals surface area (Å²) in [7, 11) is 0. The number of benzene rings is 1. The van der Waals surface area contributed by atoms with Crippen LogP contribution in [0.15, 0.2) is 36.5 Å². The molecule has 5 heteroatoms. The fraction of sp³-hybridized carbons (Fsp3) is 0.389. The topological polar surface area (TPSA) is 71.1 Å². The molecule has 0 aliphatic heterocycles. The Kier molecular flexibility index (Phi) is 4.55. The molecular formula is C18H21N3O2. The van der Waals surface area contributed by atoms with E-state index in [2.05, 4.69) is 22.5 Å². The van der Waals surface area contributed by atoms with Crippen LogP contribution < -0.4 is 10.6 Å². The molecule has 1 aromatic heterocycles. The summed E-state index contributed by atoms with van der Waals surface area (Å²) in [5, 5.41) is 6.46. The summed E-state index contributed by atoms with van der Waals surface area (Å²) in [6, 6.07) is 9.35. The lowest BCUT2D eigenvalue weighted by molar-refractivity contribution is -0.137. The summed E-state index contributed by atoms with van der Waals surface area (Å²) in [6.07, 6.45) is 6.00. The number of nitrogens with zero attached hydrogens (tertiary/aromatic N) is 1. The van der Waals surface area contributed by atoms with Crippen LogP contribution in [0.3, 0.4) is 0 Å². The zero-order chi connectivity index (χ0) is 16.2. The van der Waals surface area contributed by atoms with Gasteiger partial charge in [-0.1, -0.05) is 38.0 Å². The average molecular weight is 311 g/mol. The fourth-order valence-corrected chi connectivity index (χ4v) is 3.15. The number of amides is 2. The highest BCUT2D eigenvalue weighted by Crippen LogP contribution is 2.24. The Balaban J connectivity index is 1.69. The lowest BCUT2D eigenvalue weighted by Crippen LogP contribution is -2.45. The molecule has 120 valence electrons. The smallest absolute Gasteiger partial charge is 0.313 e. The maximum absolute atomic E-state index is 12.2. The van der Waals surface area contributed by atoms with Crippen molar-refractivity contribution in [2.24, 2.45) is 5.92 Å². The maximum atomic E-state index is 12.2. The third kappa shape index (κ3) is 3.50. The number of carbonyl (C=O) groups excluding carboxylic acids is 2. The number of aromatic nitrogens is 1. The Bertz CT molecular complexity index is 724. The molecule has 1 aliphatic carbocycles. The molecule has 2 N–H and O–H groups in total. The van der Waals surface area contributed by atoms with Crippen molar-refractivity contribution in [3.8, 4) is 0 Å². The summed E-state index contributed by atoms with van der Waals surface area (Å²) in [6.45, 7) is 2.12. The first kappa shape index (κ1) is 15.5. The zero-order valence-corrected chi connectivity index (χ0v) is 13.2. The molecular weight excluding hydrogens is 290 g/mol. The van der Waals surface area contributed by atoms with E-state index in [-0.39, 0.29) is 6.04 Å². The molecule has 0 saturated heterocycles. The van der Waals surface area contributed by atoms with Crippen molar-refractivity contribution < 1.29 is 9.59 Å². The first-order chi connectivity index (χ1) is 11.1. The minimum atomic E-state index is -0.638. The normalized spacial score (nSPS) is 20.9. The second-order valence-corrected chi connectivity index (χ2v) is 6.18. The van der Waals surface area contributed by atoms with Gasteiger partial charge in [0.25, 0.3) is 0 Å². The number of carbonyl (C=O) groups is 2. The van der Waals surface area contributed by atoms with Gasteiger partial charge >= 0.3 is 11.8 Å². The van der Waals surface area contributed by atoms with E-state index in [4.69, 9.17) is 0 Å². The summed E-state index contributed by atoms with van der Waals surface area (Å²) in [5.74, 6) is -0.794. The number of nitrogens with one attached hydrogen (secondary N) is 2. The monoisotopic (exact) mass is 311 g/mol. The summed E-state index contributed by atoms with van der Waals surface area (Å²) in [5.41, 5.74) is 1.24. The van der Waals surface area contributed by atoms with Gasteiger partial charge in [0.2, 0.25) is 0 Å². The van der Waals surface area contributed by atoms with Crippen LogP contribution in [0, 0.1) is 5.92 Å². The molecule has 1 fully saturated rings. The Labute approximate surface area is 135 Å². The van der Waals surface area contributed by atoms with Crippen molar-refractivity contribution in [2.75, 3.05) is 5.32 Å². The van der Waals surface area contributed by atoms with Crippen molar-refractivity contribution in [3.63, 3.8) is 0 Å². The van der Waals surface area contributed by atoms with Gasteiger partial charge in [-0.15, -0.1) is 0 Å². The Morgan fingerprint density at radius 1 is 1.09 bits per heavy atom. The summed E-state index contributed by atoms with van der Waals surface area (Å²) < 4.78 is 0. The van der Waals surface area contributed by atoms with E-state index < -0.39 is 11.8 Å². The van der Waals surface area contributed by atoms with Gasteiger partial charge in [-0.25, -0.2) is 0 Å². The van der Waals surface area contributed by atoms with Gasteiger partial charge < -0.3 is 10.6 Å². The van der Waals surface area contributed by atoms with Crippen LogP contribution >= 0.6 is 0 Å². The fourth-order valence-electron chi connectivity index (χ4n) is 3.15. The SMILES string of the molecule is CC1CCCCC1NC(=O)C(=O)Nc1cccc2cccnc12. The van der Waals surface area contributed by atoms with E-state index in [1.54, 1.807) is 12.3 Å². The Hall–Kier alpha value is -2.43. The number of para-hydroxylation sites is 1. The quantitative estimate of drug-likeness (QED) is 0.838. The minimum absolute atomic E-state index is 0.0904. The van der Waals surface area contributed by atoms with Crippen molar-refractivity contribution >= 4 is 28.4 Å². The number of pyridine rings is 1. The molecule has 0 radical (unpaired) electrons. The second kappa shape index (κ2) is 6.77. The van der Waals surface area contributed by atoms with Crippen LogP contribution in [0.25, 0.3) is 10.9 Å². The summed E-state index contributed by atoms with van der Waals surface area (Å²) >= 11 is 0. The van der Waals surface area contributed by atoms with E-state index in [9.17, 15) is 9.59 Å². The number of anilines is 1. The van der Waals surface area contributed by atoms with E-state index in [0.717, 1.165) is 24.6 Å². The molecule has 23 heavy (non-hydrogen) atoms. The van der Waals surface area contributed by atoms with Crippen molar-refractivity contribution in [3.05, 3.63) is 36.5 Å². The molecule has 2 amide bonds. The molecule has 5 nitrogen and oxygen atoms in total. The highest BCUT2D eigenvalue weighted by atomic mass is 16.2. The van der Waals surface area contributed by atoms with E-state index in [0.29, 0.717) is 17.1 Å². The van der Waals surface area contributed by atoms with Crippen LogP contribution in [0.5, 0.6) is 0 Å². The molecule has 2 aromatic rings. The minimum Gasteiger partial charge on any atom is -0.345 e. The van der Waals surface area contributed by atoms with E-state index >= 15 is 0 Å². The summed E-state index contributed by atoms with van der Waals surface area (Å²) in [4.78, 5) is 28.6. The molecule has 1 aromatic carbocycles. The highest BCUT2D eigenvalue weighted by Gasteiger charge is 2.25. The molecule has 2 unspecified atom stereocenters. The molecule has 3 rings (SSSR count). The number of rotatable bonds is 2. The van der Waals surface area contributed by atoms with E-state index in [1.165, 1.54) is 6.42 Å². The molecule has 1 saturated carbocycles. The Morgan fingerprint density at radius 3 is 2.70 bits per heavy atom. The maximum Gasteiger partial charge on any atom is 0.313 e. The van der Waals surface area contributed by atoms with Gasteiger partial charge in [0, 0.05) is 17.6 Å². The van der Waals surface area contributed by atoms with Crippen molar-refractivity contribution in [1.29, 1.82) is 0 Å². The Morgan fingerprint density at radius 2 is 1.87 bits per heavy atom. The van der Waals surface area contributed by atoms with Gasteiger partial charge in [-0.3, -0.25) is 14.6 Å². The lowest BCUT2D eigenvalue weighted by atomic mass is 9.86. The van der Waals surface area contributed by atoms with Gasteiger partial charge in [0.1, 0.15) is 0 Å². The molecule has 1 heterocycles.